The summed E-state index contributed by atoms with van der Waals surface area (Å²) in [5.74, 6) is 1.88. The van der Waals surface area contributed by atoms with Gasteiger partial charge in [0.25, 0.3) is 0 Å². The Hall–Kier alpha value is -1.25. The van der Waals surface area contributed by atoms with Gasteiger partial charge in [0.2, 0.25) is 0 Å². The highest BCUT2D eigenvalue weighted by molar-refractivity contribution is 5.54. The van der Waals surface area contributed by atoms with Crippen LogP contribution in [-0.2, 0) is 0 Å². The van der Waals surface area contributed by atoms with E-state index in [2.05, 4.69) is 16.8 Å². The normalized spacial score (nSPS) is 18.1. The molecule has 82 valence electrons. The van der Waals surface area contributed by atoms with Gasteiger partial charge < -0.3 is 10.6 Å². The Morgan fingerprint density at radius 1 is 1.40 bits per heavy atom. The maximum absolute atomic E-state index is 5.89. The molecule has 1 aliphatic rings. The predicted octanol–water partition coefficient (Wildman–Crippen LogP) is 2.21. The number of anilines is 2. The van der Waals surface area contributed by atoms with Crippen molar-refractivity contribution in [3.63, 3.8) is 0 Å². The molecule has 1 fully saturated rings. The molecule has 0 unspecified atom stereocenters. The van der Waals surface area contributed by atoms with Crippen molar-refractivity contribution in [1.29, 1.82) is 0 Å². The Kier molecular flexibility index (Phi) is 2.80. The molecule has 15 heavy (non-hydrogen) atoms. The second-order valence-corrected chi connectivity index (χ2v) is 4.57. The van der Waals surface area contributed by atoms with Gasteiger partial charge in [-0.05, 0) is 31.2 Å². The monoisotopic (exact) mass is 205 g/mol. The van der Waals surface area contributed by atoms with Crippen LogP contribution >= 0.6 is 0 Å². The molecule has 0 atom stereocenters. The van der Waals surface area contributed by atoms with Gasteiger partial charge in [0.05, 0.1) is 0 Å². The van der Waals surface area contributed by atoms with Crippen LogP contribution in [0.25, 0.3) is 0 Å². The Bertz CT molecular complexity index is 341. The molecule has 2 N–H and O–H groups in total. The van der Waals surface area contributed by atoms with Crippen LogP contribution in [0.5, 0.6) is 0 Å². The van der Waals surface area contributed by atoms with E-state index in [9.17, 15) is 0 Å². The van der Waals surface area contributed by atoms with Gasteiger partial charge >= 0.3 is 0 Å². The first kappa shape index (κ1) is 10.3. The van der Waals surface area contributed by atoms with E-state index in [4.69, 9.17) is 5.73 Å². The van der Waals surface area contributed by atoms with E-state index >= 15 is 0 Å². The van der Waals surface area contributed by atoms with Gasteiger partial charge in [-0.2, -0.15) is 0 Å². The zero-order valence-electron chi connectivity index (χ0n) is 9.53. The number of nitrogens with two attached hydrogens (primary N) is 1. The summed E-state index contributed by atoms with van der Waals surface area (Å²) < 4.78 is 0. The molecule has 0 radical (unpaired) electrons. The first-order valence-corrected chi connectivity index (χ1v) is 5.64. The van der Waals surface area contributed by atoms with Crippen LogP contribution in [0.4, 0.5) is 11.5 Å². The predicted molar refractivity (Wildman–Crippen MR) is 64.0 cm³/mol. The summed E-state index contributed by atoms with van der Waals surface area (Å²) in [4.78, 5) is 6.76. The molecule has 1 aromatic rings. The third kappa shape index (κ3) is 2.22. The zero-order chi connectivity index (χ0) is 10.8. The summed E-state index contributed by atoms with van der Waals surface area (Å²) in [6, 6.07) is 1.99. The molecule has 0 bridgehead atoms. The van der Waals surface area contributed by atoms with Crippen molar-refractivity contribution in [1.82, 2.24) is 4.98 Å². The minimum atomic E-state index is 0.846. The Morgan fingerprint density at radius 2 is 2.07 bits per heavy atom. The number of aromatic nitrogens is 1. The zero-order valence-corrected chi connectivity index (χ0v) is 9.53. The molecular formula is C12H19N3. The lowest BCUT2D eigenvalue weighted by Gasteiger charge is -2.31. The van der Waals surface area contributed by atoms with E-state index in [1.807, 2.05) is 19.2 Å². The number of hydrogen-bond donors (Lipinski definition) is 1. The van der Waals surface area contributed by atoms with Gasteiger partial charge in [-0.15, -0.1) is 0 Å². The van der Waals surface area contributed by atoms with Crippen LogP contribution in [0.3, 0.4) is 0 Å². The number of piperidine rings is 1. The van der Waals surface area contributed by atoms with Crippen LogP contribution in [0.15, 0.2) is 12.3 Å². The quantitative estimate of drug-likeness (QED) is 0.764. The highest BCUT2D eigenvalue weighted by atomic mass is 15.2. The number of nitrogen functional groups attached to an aromatic ring is 1. The van der Waals surface area contributed by atoms with Crippen molar-refractivity contribution < 1.29 is 0 Å². The third-order valence-electron chi connectivity index (χ3n) is 3.24. The lowest BCUT2D eigenvalue weighted by atomic mass is 9.99. The van der Waals surface area contributed by atoms with E-state index in [1.54, 1.807) is 0 Å². The van der Waals surface area contributed by atoms with E-state index in [0.717, 1.165) is 36.1 Å². The molecule has 2 rings (SSSR count). The molecule has 1 aromatic heterocycles. The van der Waals surface area contributed by atoms with Crippen molar-refractivity contribution in [2.75, 3.05) is 23.7 Å². The molecule has 2 heterocycles. The van der Waals surface area contributed by atoms with Crippen LogP contribution < -0.4 is 10.6 Å². The van der Waals surface area contributed by atoms with Gasteiger partial charge in [-0.3, -0.25) is 0 Å². The Labute approximate surface area is 91.3 Å². The topological polar surface area (TPSA) is 42.2 Å². The molecule has 0 amide bonds. The summed E-state index contributed by atoms with van der Waals surface area (Å²) in [5, 5.41) is 0. The summed E-state index contributed by atoms with van der Waals surface area (Å²) in [6.07, 6.45) is 4.38. The van der Waals surface area contributed by atoms with E-state index in [-0.39, 0.29) is 0 Å². The summed E-state index contributed by atoms with van der Waals surface area (Å²) in [7, 11) is 0. The van der Waals surface area contributed by atoms with Gasteiger partial charge in [-0.25, -0.2) is 4.98 Å². The molecule has 1 saturated heterocycles. The number of pyridine rings is 1. The molecule has 0 spiro atoms. The Morgan fingerprint density at radius 3 is 2.67 bits per heavy atom. The van der Waals surface area contributed by atoms with Crippen LogP contribution in [0.2, 0.25) is 0 Å². The molecule has 3 nitrogen and oxygen atoms in total. The SMILES string of the molecule is Cc1cnc(N2CCC(C)CC2)cc1N. The largest absolute Gasteiger partial charge is 0.398 e. The summed E-state index contributed by atoms with van der Waals surface area (Å²) in [6.45, 7) is 6.52. The highest BCUT2D eigenvalue weighted by Gasteiger charge is 2.16. The van der Waals surface area contributed by atoms with Crippen molar-refractivity contribution in [2.24, 2.45) is 5.92 Å². The Balaban J connectivity index is 2.12. The van der Waals surface area contributed by atoms with Crippen molar-refractivity contribution >= 4 is 11.5 Å². The first-order chi connectivity index (χ1) is 7.16. The van der Waals surface area contributed by atoms with Gasteiger partial charge in [0, 0.05) is 31.0 Å². The number of nitrogens with zero attached hydrogens (tertiary/aromatic N) is 2. The van der Waals surface area contributed by atoms with Crippen molar-refractivity contribution in [2.45, 2.75) is 26.7 Å². The average molecular weight is 205 g/mol. The minimum Gasteiger partial charge on any atom is -0.398 e. The highest BCUT2D eigenvalue weighted by Crippen LogP contribution is 2.23. The van der Waals surface area contributed by atoms with Gasteiger partial charge in [0.1, 0.15) is 5.82 Å². The van der Waals surface area contributed by atoms with E-state index in [0.29, 0.717) is 0 Å². The third-order valence-corrected chi connectivity index (χ3v) is 3.24. The lowest BCUT2D eigenvalue weighted by molar-refractivity contribution is 0.436. The standard InChI is InChI=1S/C12H19N3/c1-9-3-5-15(6-4-9)12-7-11(13)10(2)8-14-12/h7-9H,3-6H2,1-2H3,(H2,13,14). The molecule has 1 aliphatic heterocycles. The fraction of sp³-hybridized carbons (Fsp3) is 0.583. The van der Waals surface area contributed by atoms with Crippen molar-refractivity contribution in [3.05, 3.63) is 17.8 Å². The fourth-order valence-electron chi connectivity index (χ4n) is 1.94. The average Bonchev–Trinajstić information content (AvgIpc) is 2.23. The van der Waals surface area contributed by atoms with Crippen LogP contribution in [-0.4, -0.2) is 18.1 Å². The minimum absolute atomic E-state index is 0.846. The van der Waals surface area contributed by atoms with Crippen LogP contribution in [0, 0.1) is 12.8 Å². The van der Waals surface area contributed by atoms with Gasteiger partial charge in [-0.1, -0.05) is 6.92 Å². The number of hydrogen-bond acceptors (Lipinski definition) is 3. The molecular weight excluding hydrogens is 186 g/mol. The van der Waals surface area contributed by atoms with E-state index < -0.39 is 0 Å². The maximum Gasteiger partial charge on any atom is 0.130 e. The maximum atomic E-state index is 5.89. The van der Waals surface area contributed by atoms with Gasteiger partial charge in [0.15, 0.2) is 0 Å². The molecule has 0 saturated carbocycles. The summed E-state index contributed by atoms with van der Waals surface area (Å²) in [5.41, 5.74) is 7.79. The molecule has 0 aromatic carbocycles. The number of aryl methyl sites for hydroxylation is 1. The smallest absolute Gasteiger partial charge is 0.130 e. The van der Waals surface area contributed by atoms with E-state index in [1.165, 1.54) is 12.8 Å². The molecule has 3 heteroatoms. The van der Waals surface area contributed by atoms with Crippen LogP contribution in [0.1, 0.15) is 25.3 Å². The number of rotatable bonds is 1. The second-order valence-electron chi connectivity index (χ2n) is 4.57. The first-order valence-electron chi connectivity index (χ1n) is 5.64. The lowest BCUT2D eigenvalue weighted by Crippen LogP contribution is -2.33. The molecule has 0 aliphatic carbocycles. The van der Waals surface area contributed by atoms with Crippen molar-refractivity contribution in [3.8, 4) is 0 Å². The summed E-state index contributed by atoms with van der Waals surface area (Å²) >= 11 is 0. The fourth-order valence-corrected chi connectivity index (χ4v) is 1.94. The second kappa shape index (κ2) is 4.09.